The van der Waals surface area contributed by atoms with Crippen LogP contribution in [0.15, 0.2) is 18.2 Å². The van der Waals surface area contributed by atoms with E-state index in [9.17, 15) is 9.18 Å². The van der Waals surface area contributed by atoms with E-state index in [-0.39, 0.29) is 24.4 Å². The van der Waals surface area contributed by atoms with E-state index >= 15 is 0 Å². The third-order valence-corrected chi connectivity index (χ3v) is 3.57. The zero-order chi connectivity index (χ0) is 14.0. The molecule has 1 aliphatic rings. The maximum atomic E-state index is 13.1. The normalized spacial score (nSPS) is 20.3. The van der Waals surface area contributed by atoms with Crippen LogP contribution in [0, 0.1) is 11.2 Å². The molecule has 0 saturated carbocycles. The summed E-state index contributed by atoms with van der Waals surface area (Å²) in [6.45, 7) is 1.94. The van der Waals surface area contributed by atoms with Gasteiger partial charge in [0.2, 0.25) is 0 Å². The quantitative estimate of drug-likeness (QED) is 0.843. The maximum absolute atomic E-state index is 13.1. The summed E-state index contributed by atoms with van der Waals surface area (Å²) in [5.41, 5.74) is 5.72. The van der Waals surface area contributed by atoms with E-state index in [0.29, 0.717) is 18.6 Å². The molecule has 0 aliphatic carbocycles. The average molecular weight is 267 g/mol. The number of hydrogen-bond acceptors (Lipinski definition) is 4. The molecular weight excluding hydrogens is 249 g/mol. The van der Waals surface area contributed by atoms with Gasteiger partial charge in [-0.05, 0) is 25.1 Å². The molecule has 1 aliphatic heterocycles. The maximum Gasteiger partial charge on any atom is 0.312 e. The van der Waals surface area contributed by atoms with Crippen LogP contribution in [0.1, 0.15) is 18.9 Å². The van der Waals surface area contributed by atoms with Crippen LogP contribution in [0.3, 0.4) is 0 Å². The van der Waals surface area contributed by atoms with Crippen LogP contribution >= 0.6 is 0 Å². The minimum Gasteiger partial charge on any atom is -0.490 e. The monoisotopic (exact) mass is 267 g/mol. The van der Waals surface area contributed by atoms with Crippen molar-refractivity contribution in [3.63, 3.8) is 0 Å². The Morgan fingerprint density at radius 2 is 2.37 bits per heavy atom. The summed E-state index contributed by atoms with van der Waals surface area (Å²) in [6, 6.07) is 4.44. The molecule has 2 rings (SSSR count). The summed E-state index contributed by atoms with van der Waals surface area (Å²) in [7, 11) is 1.34. The number of halogens is 1. The van der Waals surface area contributed by atoms with E-state index in [1.807, 2.05) is 0 Å². The molecule has 1 heterocycles. The first-order chi connectivity index (χ1) is 8.98. The second-order valence-corrected chi connectivity index (χ2v) is 5.16. The first kappa shape index (κ1) is 13.8. The fraction of sp³-hybridized carbons (Fsp3) is 0.500. The fourth-order valence-electron chi connectivity index (χ4n) is 2.40. The lowest BCUT2D eigenvalue weighted by Gasteiger charge is -2.27. The molecule has 5 heteroatoms. The van der Waals surface area contributed by atoms with E-state index in [0.717, 1.165) is 5.56 Å². The van der Waals surface area contributed by atoms with E-state index in [1.165, 1.54) is 19.2 Å². The molecule has 2 atom stereocenters. The van der Waals surface area contributed by atoms with Gasteiger partial charge in [-0.3, -0.25) is 4.79 Å². The Hall–Kier alpha value is -1.62. The molecule has 2 unspecified atom stereocenters. The van der Waals surface area contributed by atoms with Crippen molar-refractivity contribution in [2.24, 2.45) is 11.1 Å². The Morgan fingerprint density at radius 3 is 3.00 bits per heavy atom. The van der Waals surface area contributed by atoms with Crippen molar-refractivity contribution in [2.45, 2.75) is 25.9 Å². The van der Waals surface area contributed by atoms with Crippen LogP contribution in [-0.4, -0.2) is 25.7 Å². The summed E-state index contributed by atoms with van der Waals surface area (Å²) in [5, 5.41) is 0. The van der Waals surface area contributed by atoms with Crippen molar-refractivity contribution in [3.8, 4) is 5.75 Å². The van der Waals surface area contributed by atoms with Crippen molar-refractivity contribution in [1.82, 2.24) is 0 Å². The van der Waals surface area contributed by atoms with Gasteiger partial charge in [0.15, 0.2) is 0 Å². The van der Waals surface area contributed by atoms with Gasteiger partial charge in [-0.2, -0.15) is 0 Å². The zero-order valence-electron chi connectivity index (χ0n) is 11.1. The standard InChI is InChI=1S/C14H18FNO3/c1-14(8-16,13(17)18-2)7-11-6-9-5-10(15)3-4-12(9)19-11/h3-5,11H,6-8,16H2,1-2H3. The zero-order valence-corrected chi connectivity index (χ0v) is 11.1. The highest BCUT2D eigenvalue weighted by atomic mass is 19.1. The second-order valence-electron chi connectivity index (χ2n) is 5.16. The Balaban J connectivity index is 2.09. The minimum atomic E-state index is -0.778. The molecule has 2 N–H and O–H groups in total. The third-order valence-electron chi connectivity index (χ3n) is 3.57. The molecule has 0 fully saturated rings. The van der Waals surface area contributed by atoms with Crippen molar-refractivity contribution >= 4 is 5.97 Å². The SMILES string of the molecule is COC(=O)C(C)(CN)CC1Cc2cc(F)ccc2O1. The molecule has 104 valence electrons. The molecule has 0 spiro atoms. The van der Waals surface area contributed by atoms with Gasteiger partial charge in [0.25, 0.3) is 0 Å². The number of esters is 1. The van der Waals surface area contributed by atoms with Crippen molar-refractivity contribution in [1.29, 1.82) is 0 Å². The molecular formula is C14H18FNO3. The predicted molar refractivity (Wildman–Crippen MR) is 68.3 cm³/mol. The number of carbonyl (C=O) groups excluding carboxylic acids is 1. The summed E-state index contributed by atoms with van der Waals surface area (Å²) in [5.74, 6) is 0.0499. The number of methoxy groups -OCH3 is 1. The van der Waals surface area contributed by atoms with Gasteiger partial charge in [0, 0.05) is 24.9 Å². The van der Waals surface area contributed by atoms with Crippen LogP contribution < -0.4 is 10.5 Å². The Kier molecular flexibility index (Phi) is 3.75. The Labute approximate surface area is 111 Å². The Bertz CT molecular complexity index is 492. The van der Waals surface area contributed by atoms with Gasteiger partial charge >= 0.3 is 5.97 Å². The fourth-order valence-corrected chi connectivity index (χ4v) is 2.40. The highest BCUT2D eigenvalue weighted by Gasteiger charge is 2.38. The molecule has 1 aromatic rings. The molecule has 0 saturated heterocycles. The molecule has 0 radical (unpaired) electrons. The predicted octanol–water partition coefficient (Wildman–Crippen LogP) is 1.66. The molecule has 0 amide bonds. The summed E-state index contributed by atoms with van der Waals surface area (Å²) >= 11 is 0. The first-order valence-corrected chi connectivity index (χ1v) is 6.22. The molecule has 19 heavy (non-hydrogen) atoms. The summed E-state index contributed by atoms with van der Waals surface area (Å²) in [6.07, 6.45) is 0.857. The van der Waals surface area contributed by atoms with Crippen molar-refractivity contribution < 1.29 is 18.7 Å². The summed E-state index contributed by atoms with van der Waals surface area (Å²) in [4.78, 5) is 11.8. The van der Waals surface area contributed by atoms with Crippen LogP contribution in [0.25, 0.3) is 0 Å². The summed E-state index contributed by atoms with van der Waals surface area (Å²) < 4.78 is 23.6. The van der Waals surface area contributed by atoms with E-state index in [4.69, 9.17) is 15.2 Å². The van der Waals surface area contributed by atoms with E-state index < -0.39 is 5.41 Å². The largest absolute Gasteiger partial charge is 0.490 e. The smallest absolute Gasteiger partial charge is 0.312 e. The number of carbonyl (C=O) groups is 1. The van der Waals surface area contributed by atoms with Gasteiger partial charge in [0.05, 0.1) is 12.5 Å². The Morgan fingerprint density at radius 1 is 1.63 bits per heavy atom. The second kappa shape index (κ2) is 5.17. The lowest BCUT2D eigenvalue weighted by atomic mass is 9.83. The lowest BCUT2D eigenvalue weighted by molar-refractivity contribution is -0.152. The van der Waals surface area contributed by atoms with Crippen LogP contribution in [-0.2, 0) is 16.0 Å². The van der Waals surface area contributed by atoms with Crippen LogP contribution in [0.2, 0.25) is 0 Å². The van der Waals surface area contributed by atoms with Crippen LogP contribution in [0.5, 0.6) is 5.75 Å². The van der Waals surface area contributed by atoms with Gasteiger partial charge in [-0.1, -0.05) is 0 Å². The number of hydrogen-bond donors (Lipinski definition) is 1. The highest BCUT2D eigenvalue weighted by molar-refractivity contribution is 5.76. The van der Waals surface area contributed by atoms with Crippen molar-refractivity contribution in [2.75, 3.05) is 13.7 Å². The molecule has 1 aromatic carbocycles. The lowest BCUT2D eigenvalue weighted by Crippen LogP contribution is -2.40. The first-order valence-electron chi connectivity index (χ1n) is 6.22. The number of fused-ring (bicyclic) bond motifs is 1. The number of benzene rings is 1. The van der Waals surface area contributed by atoms with Gasteiger partial charge in [-0.25, -0.2) is 4.39 Å². The number of nitrogens with two attached hydrogens (primary N) is 1. The average Bonchev–Trinajstić information content (AvgIpc) is 2.78. The number of ether oxygens (including phenoxy) is 2. The van der Waals surface area contributed by atoms with Gasteiger partial charge < -0.3 is 15.2 Å². The molecule has 0 aromatic heterocycles. The highest BCUT2D eigenvalue weighted by Crippen LogP contribution is 2.35. The van der Waals surface area contributed by atoms with E-state index in [1.54, 1.807) is 13.0 Å². The third kappa shape index (κ3) is 2.71. The van der Waals surface area contributed by atoms with Crippen molar-refractivity contribution in [3.05, 3.63) is 29.6 Å². The van der Waals surface area contributed by atoms with Gasteiger partial charge in [-0.15, -0.1) is 0 Å². The topological polar surface area (TPSA) is 61.5 Å². The van der Waals surface area contributed by atoms with Crippen LogP contribution in [0.4, 0.5) is 4.39 Å². The molecule has 0 bridgehead atoms. The molecule has 4 nitrogen and oxygen atoms in total. The van der Waals surface area contributed by atoms with Gasteiger partial charge in [0.1, 0.15) is 17.7 Å². The minimum absolute atomic E-state index is 0.176. The van der Waals surface area contributed by atoms with E-state index in [2.05, 4.69) is 0 Å². The number of rotatable bonds is 4.